The summed E-state index contributed by atoms with van der Waals surface area (Å²) in [6.45, 7) is 1.90. The third-order valence-corrected chi connectivity index (χ3v) is 3.18. The Kier molecular flexibility index (Phi) is 4.20. The Morgan fingerprint density at radius 1 is 1.38 bits per heavy atom. The van der Waals surface area contributed by atoms with Crippen LogP contribution >= 0.6 is 0 Å². The van der Waals surface area contributed by atoms with Crippen LogP contribution in [0.25, 0.3) is 0 Å². The fourth-order valence-electron chi connectivity index (χ4n) is 2.24. The molecule has 0 unspecified atom stereocenters. The van der Waals surface area contributed by atoms with E-state index in [0.29, 0.717) is 6.42 Å². The minimum absolute atomic E-state index is 0.0759. The average molecular weight is 301 g/mol. The number of nitrogens with zero attached hydrogens (tertiary/aromatic N) is 1. The Balaban J connectivity index is 2.46. The Hall–Kier alpha value is -2.05. The van der Waals surface area contributed by atoms with Gasteiger partial charge < -0.3 is 9.64 Å². The van der Waals surface area contributed by atoms with Crippen LogP contribution in [0.3, 0.4) is 0 Å². The molecular formula is C14H14F3NO3. The molecule has 1 aromatic carbocycles. The second kappa shape index (κ2) is 5.75. The van der Waals surface area contributed by atoms with E-state index in [9.17, 15) is 22.8 Å². The maximum Gasteiger partial charge on any atom is 0.418 e. The summed E-state index contributed by atoms with van der Waals surface area (Å²) in [5.74, 6) is -1.16. The van der Waals surface area contributed by atoms with Gasteiger partial charge in [-0.25, -0.2) is 4.79 Å². The van der Waals surface area contributed by atoms with Gasteiger partial charge in [-0.1, -0.05) is 0 Å². The van der Waals surface area contributed by atoms with Crippen molar-refractivity contribution in [2.45, 2.75) is 25.9 Å². The lowest BCUT2D eigenvalue weighted by molar-refractivity contribution is -0.137. The molecule has 4 nitrogen and oxygen atoms in total. The first-order valence-corrected chi connectivity index (χ1v) is 6.53. The molecule has 0 N–H and O–H groups in total. The van der Waals surface area contributed by atoms with E-state index in [2.05, 4.69) is 0 Å². The monoisotopic (exact) mass is 301 g/mol. The maximum atomic E-state index is 13.2. The van der Waals surface area contributed by atoms with Crippen LogP contribution in [0.5, 0.6) is 0 Å². The molecule has 0 spiro atoms. The number of alkyl halides is 3. The topological polar surface area (TPSA) is 46.6 Å². The van der Waals surface area contributed by atoms with Crippen molar-refractivity contribution in [1.82, 2.24) is 0 Å². The fraction of sp³-hybridized carbons (Fsp3) is 0.429. The molecule has 0 saturated carbocycles. The lowest BCUT2D eigenvalue weighted by Crippen LogP contribution is -2.27. The van der Waals surface area contributed by atoms with Crippen molar-refractivity contribution in [3.63, 3.8) is 0 Å². The maximum absolute atomic E-state index is 13.2. The van der Waals surface area contributed by atoms with Crippen molar-refractivity contribution in [3.05, 3.63) is 29.3 Å². The summed E-state index contributed by atoms with van der Waals surface area (Å²) in [5.41, 5.74) is -1.39. The third kappa shape index (κ3) is 3.17. The highest BCUT2D eigenvalue weighted by atomic mass is 19.4. The lowest BCUT2D eigenvalue weighted by atomic mass is 10.1. The molecule has 0 bridgehead atoms. The van der Waals surface area contributed by atoms with E-state index in [0.717, 1.165) is 17.0 Å². The summed E-state index contributed by atoms with van der Waals surface area (Å²) >= 11 is 0. The molecule has 1 saturated heterocycles. The molecule has 0 atom stereocenters. The van der Waals surface area contributed by atoms with E-state index >= 15 is 0 Å². The van der Waals surface area contributed by atoms with E-state index in [1.165, 1.54) is 6.07 Å². The van der Waals surface area contributed by atoms with Gasteiger partial charge in [0.1, 0.15) is 0 Å². The second-order valence-corrected chi connectivity index (χ2v) is 4.60. The van der Waals surface area contributed by atoms with Crippen LogP contribution in [-0.2, 0) is 15.7 Å². The highest BCUT2D eigenvalue weighted by Crippen LogP contribution is 2.38. The van der Waals surface area contributed by atoms with Gasteiger partial charge in [-0.3, -0.25) is 4.79 Å². The standard InChI is InChI=1S/C14H14F3NO3/c1-2-21-13(20)9-5-6-11(10(8-9)14(15,16)17)18-7-3-4-12(18)19/h5-6,8H,2-4,7H2,1H3. The molecule has 1 aromatic rings. The summed E-state index contributed by atoms with van der Waals surface area (Å²) in [5, 5.41) is 0. The zero-order chi connectivity index (χ0) is 15.6. The van der Waals surface area contributed by atoms with E-state index in [1.54, 1.807) is 6.92 Å². The number of hydrogen-bond donors (Lipinski definition) is 0. The van der Waals surface area contributed by atoms with Crippen molar-refractivity contribution in [3.8, 4) is 0 Å². The fourth-order valence-corrected chi connectivity index (χ4v) is 2.24. The minimum Gasteiger partial charge on any atom is -0.462 e. The van der Waals surface area contributed by atoms with Crippen LogP contribution in [0.4, 0.5) is 18.9 Å². The average Bonchev–Trinajstić information content (AvgIpc) is 2.83. The quantitative estimate of drug-likeness (QED) is 0.806. The number of halogens is 3. The van der Waals surface area contributed by atoms with Crippen LogP contribution < -0.4 is 4.90 Å². The first-order valence-electron chi connectivity index (χ1n) is 6.53. The number of hydrogen-bond acceptors (Lipinski definition) is 3. The molecule has 2 rings (SSSR count). The van der Waals surface area contributed by atoms with E-state index < -0.39 is 17.7 Å². The molecule has 0 aromatic heterocycles. The third-order valence-electron chi connectivity index (χ3n) is 3.18. The Morgan fingerprint density at radius 2 is 2.10 bits per heavy atom. The molecule has 0 aliphatic carbocycles. The SMILES string of the molecule is CCOC(=O)c1ccc(N2CCCC2=O)c(C(F)(F)F)c1. The van der Waals surface area contributed by atoms with E-state index in [1.807, 2.05) is 0 Å². The van der Waals surface area contributed by atoms with Gasteiger partial charge in [-0.05, 0) is 31.5 Å². The first kappa shape index (κ1) is 15.3. The normalized spacial score (nSPS) is 15.4. The number of esters is 1. The van der Waals surface area contributed by atoms with Gasteiger partial charge in [0.05, 0.1) is 23.4 Å². The first-order chi connectivity index (χ1) is 9.84. The summed E-state index contributed by atoms with van der Waals surface area (Å²) < 4.78 is 44.2. The summed E-state index contributed by atoms with van der Waals surface area (Å²) in [7, 11) is 0. The van der Waals surface area contributed by atoms with Gasteiger partial charge in [0.2, 0.25) is 5.91 Å². The number of carbonyl (C=O) groups excluding carboxylic acids is 2. The molecular weight excluding hydrogens is 287 g/mol. The van der Waals surface area contributed by atoms with Gasteiger partial charge in [-0.2, -0.15) is 13.2 Å². The molecule has 1 aliphatic rings. The highest BCUT2D eigenvalue weighted by Gasteiger charge is 2.37. The molecule has 0 radical (unpaired) electrons. The molecule has 114 valence electrons. The molecule has 1 amide bonds. The largest absolute Gasteiger partial charge is 0.462 e. The lowest BCUT2D eigenvalue weighted by Gasteiger charge is -2.21. The number of carbonyl (C=O) groups is 2. The Morgan fingerprint density at radius 3 is 2.62 bits per heavy atom. The van der Waals surface area contributed by atoms with Gasteiger partial charge >= 0.3 is 12.1 Å². The predicted molar refractivity (Wildman–Crippen MR) is 69.0 cm³/mol. The van der Waals surface area contributed by atoms with Gasteiger partial charge in [0.15, 0.2) is 0 Å². The van der Waals surface area contributed by atoms with E-state index in [-0.39, 0.29) is 36.7 Å². The van der Waals surface area contributed by atoms with Crippen LogP contribution in [0.2, 0.25) is 0 Å². The van der Waals surface area contributed by atoms with Crippen LogP contribution in [-0.4, -0.2) is 25.0 Å². The number of benzene rings is 1. The molecule has 1 heterocycles. The molecule has 1 fully saturated rings. The van der Waals surface area contributed by atoms with Crippen LogP contribution in [0.1, 0.15) is 35.7 Å². The number of anilines is 1. The van der Waals surface area contributed by atoms with Crippen molar-refractivity contribution in [2.24, 2.45) is 0 Å². The Labute approximate surface area is 119 Å². The van der Waals surface area contributed by atoms with Crippen LogP contribution in [0.15, 0.2) is 18.2 Å². The summed E-state index contributed by atoms with van der Waals surface area (Å²) in [6.07, 6.45) is -3.90. The summed E-state index contributed by atoms with van der Waals surface area (Å²) in [6, 6.07) is 3.13. The minimum atomic E-state index is -4.65. The van der Waals surface area contributed by atoms with Crippen molar-refractivity contribution >= 4 is 17.6 Å². The number of ether oxygens (including phenoxy) is 1. The zero-order valence-corrected chi connectivity index (χ0v) is 11.4. The van der Waals surface area contributed by atoms with E-state index in [4.69, 9.17) is 4.74 Å². The number of rotatable bonds is 3. The number of amides is 1. The van der Waals surface area contributed by atoms with Crippen molar-refractivity contribution in [1.29, 1.82) is 0 Å². The molecule has 21 heavy (non-hydrogen) atoms. The van der Waals surface area contributed by atoms with Gasteiger partial charge in [-0.15, -0.1) is 0 Å². The molecule has 7 heteroatoms. The van der Waals surface area contributed by atoms with Crippen molar-refractivity contribution < 1.29 is 27.5 Å². The molecule has 1 aliphatic heterocycles. The second-order valence-electron chi connectivity index (χ2n) is 4.60. The van der Waals surface area contributed by atoms with Gasteiger partial charge in [0, 0.05) is 13.0 Å². The Bertz CT molecular complexity index is 569. The zero-order valence-electron chi connectivity index (χ0n) is 11.4. The van der Waals surface area contributed by atoms with Gasteiger partial charge in [0.25, 0.3) is 0 Å². The smallest absolute Gasteiger partial charge is 0.418 e. The highest BCUT2D eigenvalue weighted by molar-refractivity contribution is 5.97. The van der Waals surface area contributed by atoms with Crippen LogP contribution in [0, 0.1) is 0 Å². The van der Waals surface area contributed by atoms with Crippen molar-refractivity contribution in [2.75, 3.05) is 18.1 Å². The summed E-state index contributed by atoms with van der Waals surface area (Å²) in [4.78, 5) is 24.3. The predicted octanol–water partition coefficient (Wildman–Crippen LogP) is 3.01.